The second kappa shape index (κ2) is 6.32. The van der Waals surface area contributed by atoms with Crippen LogP contribution >= 0.6 is 0 Å². The lowest BCUT2D eigenvalue weighted by Gasteiger charge is -2.05. The summed E-state index contributed by atoms with van der Waals surface area (Å²) in [5, 5.41) is 6.87. The summed E-state index contributed by atoms with van der Waals surface area (Å²) in [5.74, 6) is 1.88. The Labute approximate surface area is 144 Å². The van der Waals surface area contributed by atoms with E-state index in [1.54, 1.807) is 12.1 Å². The number of hydrogen-bond acceptors (Lipinski definition) is 5. The largest absolute Gasteiger partial charge is 0.454 e. The standard InChI is InChI=1S/C19H16N2O4/c1-12-4-2-3-5-15(12)19(22)20-10-14-9-17(25-21-14)13-6-7-16-18(8-13)24-11-23-16/h2-9H,10-11H2,1H3,(H,20,22). The van der Waals surface area contributed by atoms with Crippen molar-refractivity contribution in [1.82, 2.24) is 10.5 Å². The Kier molecular flexibility index (Phi) is 3.85. The van der Waals surface area contributed by atoms with Gasteiger partial charge >= 0.3 is 0 Å². The molecule has 6 nitrogen and oxygen atoms in total. The first-order valence-electron chi connectivity index (χ1n) is 7.90. The number of carbonyl (C=O) groups is 1. The van der Waals surface area contributed by atoms with Crippen LogP contribution in [0.4, 0.5) is 0 Å². The maximum absolute atomic E-state index is 12.2. The quantitative estimate of drug-likeness (QED) is 0.791. The number of nitrogens with zero attached hydrogens (tertiary/aromatic N) is 1. The highest BCUT2D eigenvalue weighted by atomic mass is 16.7. The molecule has 3 aromatic rings. The van der Waals surface area contributed by atoms with Gasteiger partial charge in [-0.25, -0.2) is 0 Å². The van der Waals surface area contributed by atoms with Crippen LogP contribution in [0, 0.1) is 6.92 Å². The maximum atomic E-state index is 12.2. The summed E-state index contributed by atoms with van der Waals surface area (Å²) >= 11 is 0. The van der Waals surface area contributed by atoms with Gasteiger partial charge in [0.15, 0.2) is 17.3 Å². The van der Waals surface area contributed by atoms with E-state index in [9.17, 15) is 4.79 Å². The Morgan fingerprint density at radius 3 is 2.84 bits per heavy atom. The monoisotopic (exact) mass is 336 g/mol. The number of amides is 1. The van der Waals surface area contributed by atoms with E-state index in [2.05, 4.69) is 10.5 Å². The third-order valence-electron chi connectivity index (χ3n) is 4.04. The number of ether oxygens (including phenoxy) is 2. The molecule has 0 aliphatic carbocycles. The molecule has 25 heavy (non-hydrogen) atoms. The molecule has 0 bridgehead atoms. The van der Waals surface area contributed by atoms with Gasteiger partial charge in [0.25, 0.3) is 5.91 Å². The van der Waals surface area contributed by atoms with Gasteiger partial charge in [-0.1, -0.05) is 23.4 Å². The Balaban J connectivity index is 1.45. The molecule has 1 aliphatic rings. The maximum Gasteiger partial charge on any atom is 0.251 e. The number of aromatic nitrogens is 1. The van der Waals surface area contributed by atoms with E-state index < -0.39 is 0 Å². The Hall–Kier alpha value is -3.28. The van der Waals surface area contributed by atoms with Crippen molar-refractivity contribution in [3.63, 3.8) is 0 Å². The lowest BCUT2D eigenvalue weighted by molar-refractivity contribution is 0.0949. The van der Waals surface area contributed by atoms with Crippen LogP contribution < -0.4 is 14.8 Å². The number of benzene rings is 2. The molecule has 1 aromatic heterocycles. The van der Waals surface area contributed by atoms with Crippen LogP contribution in [0.3, 0.4) is 0 Å². The van der Waals surface area contributed by atoms with Gasteiger partial charge in [-0.2, -0.15) is 0 Å². The molecule has 126 valence electrons. The fourth-order valence-electron chi connectivity index (χ4n) is 2.67. The molecule has 4 rings (SSSR count). The summed E-state index contributed by atoms with van der Waals surface area (Å²) in [4.78, 5) is 12.2. The molecule has 0 atom stereocenters. The van der Waals surface area contributed by atoms with E-state index in [-0.39, 0.29) is 12.7 Å². The van der Waals surface area contributed by atoms with Crippen LogP contribution in [0.15, 0.2) is 53.1 Å². The molecule has 0 saturated heterocycles. The fraction of sp³-hybridized carbons (Fsp3) is 0.158. The minimum Gasteiger partial charge on any atom is -0.454 e. The first-order chi connectivity index (χ1) is 12.2. The molecule has 0 unspecified atom stereocenters. The van der Waals surface area contributed by atoms with Crippen molar-refractivity contribution in [2.24, 2.45) is 0 Å². The summed E-state index contributed by atoms with van der Waals surface area (Å²) in [7, 11) is 0. The number of fused-ring (bicyclic) bond motifs is 1. The number of hydrogen-bond donors (Lipinski definition) is 1. The molecule has 2 aromatic carbocycles. The van der Waals surface area contributed by atoms with Gasteiger partial charge in [0.2, 0.25) is 6.79 Å². The van der Waals surface area contributed by atoms with Gasteiger partial charge < -0.3 is 19.3 Å². The Bertz CT molecular complexity index is 933. The first-order valence-corrected chi connectivity index (χ1v) is 7.90. The van der Waals surface area contributed by atoms with E-state index >= 15 is 0 Å². The normalized spacial score (nSPS) is 12.2. The number of aryl methyl sites for hydroxylation is 1. The molecule has 1 aliphatic heterocycles. The molecule has 2 heterocycles. The highest BCUT2D eigenvalue weighted by Crippen LogP contribution is 2.35. The minimum absolute atomic E-state index is 0.134. The van der Waals surface area contributed by atoms with Gasteiger partial charge in [0, 0.05) is 17.2 Å². The summed E-state index contributed by atoms with van der Waals surface area (Å²) in [6.07, 6.45) is 0. The van der Waals surface area contributed by atoms with Gasteiger partial charge in [-0.3, -0.25) is 4.79 Å². The molecular weight excluding hydrogens is 320 g/mol. The van der Waals surface area contributed by atoms with Crippen LogP contribution in [-0.4, -0.2) is 17.9 Å². The summed E-state index contributed by atoms with van der Waals surface area (Å²) in [6.45, 7) is 2.43. The van der Waals surface area contributed by atoms with Crippen LogP contribution in [0.1, 0.15) is 21.6 Å². The van der Waals surface area contributed by atoms with Crippen LogP contribution in [-0.2, 0) is 6.54 Å². The lowest BCUT2D eigenvalue weighted by atomic mass is 10.1. The number of carbonyl (C=O) groups excluding carboxylic acids is 1. The average molecular weight is 336 g/mol. The predicted octanol–water partition coefficient (Wildman–Crippen LogP) is 3.31. The van der Waals surface area contributed by atoms with E-state index in [1.165, 1.54) is 0 Å². The van der Waals surface area contributed by atoms with Crippen LogP contribution in [0.5, 0.6) is 11.5 Å². The van der Waals surface area contributed by atoms with Crippen molar-refractivity contribution in [3.8, 4) is 22.8 Å². The van der Waals surface area contributed by atoms with Gasteiger partial charge in [0.05, 0.1) is 6.54 Å². The molecule has 6 heteroatoms. The minimum atomic E-state index is -0.134. The molecule has 1 N–H and O–H groups in total. The molecule has 0 spiro atoms. The lowest BCUT2D eigenvalue weighted by Crippen LogP contribution is -2.23. The summed E-state index contributed by atoms with van der Waals surface area (Å²) < 4.78 is 16.0. The third kappa shape index (κ3) is 3.06. The van der Waals surface area contributed by atoms with Crippen LogP contribution in [0.25, 0.3) is 11.3 Å². The van der Waals surface area contributed by atoms with Crippen LogP contribution in [0.2, 0.25) is 0 Å². The predicted molar refractivity (Wildman–Crippen MR) is 90.4 cm³/mol. The smallest absolute Gasteiger partial charge is 0.251 e. The highest BCUT2D eigenvalue weighted by molar-refractivity contribution is 5.95. The van der Waals surface area contributed by atoms with E-state index in [1.807, 2.05) is 43.3 Å². The van der Waals surface area contributed by atoms with Crippen molar-refractivity contribution in [1.29, 1.82) is 0 Å². The van der Waals surface area contributed by atoms with Gasteiger partial charge in [-0.15, -0.1) is 0 Å². The fourth-order valence-corrected chi connectivity index (χ4v) is 2.67. The average Bonchev–Trinajstić information content (AvgIpc) is 3.28. The SMILES string of the molecule is Cc1ccccc1C(=O)NCc1cc(-c2ccc3c(c2)OCO3)on1. The van der Waals surface area contributed by atoms with E-state index in [0.717, 1.165) is 11.1 Å². The molecule has 0 saturated carbocycles. The molecule has 0 fully saturated rings. The third-order valence-corrected chi connectivity index (χ3v) is 4.04. The first kappa shape index (κ1) is 15.3. The Morgan fingerprint density at radius 1 is 1.12 bits per heavy atom. The Morgan fingerprint density at radius 2 is 1.96 bits per heavy atom. The van der Waals surface area contributed by atoms with Crippen molar-refractivity contribution in [3.05, 3.63) is 65.4 Å². The van der Waals surface area contributed by atoms with E-state index in [4.69, 9.17) is 14.0 Å². The zero-order valence-electron chi connectivity index (χ0n) is 13.6. The molecule has 0 radical (unpaired) electrons. The summed E-state index contributed by atoms with van der Waals surface area (Å²) in [6, 6.07) is 14.8. The second-order valence-corrected chi connectivity index (χ2v) is 5.75. The van der Waals surface area contributed by atoms with Crippen molar-refractivity contribution >= 4 is 5.91 Å². The molecular formula is C19H16N2O4. The highest BCUT2D eigenvalue weighted by Gasteiger charge is 2.16. The van der Waals surface area contributed by atoms with Crippen molar-refractivity contribution < 1.29 is 18.8 Å². The van der Waals surface area contributed by atoms with Gasteiger partial charge in [-0.05, 0) is 36.8 Å². The second-order valence-electron chi connectivity index (χ2n) is 5.75. The van der Waals surface area contributed by atoms with Gasteiger partial charge in [0.1, 0.15) is 5.69 Å². The number of nitrogens with one attached hydrogen (secondary N) is 1. The van der Waals surface area contributed by atoms with E-state index in [0.29, 0.717) is 35.1 Å². The molecule has 1 amide bonds. The zero-order valence-corrected chi connectivity index (χ0v) is 13.6. The van der Waals surface area contributed by atoms with Crippen molar-refractivity contribution in [2.75, 3.05) is 6.79 Å². The summed E-state index contributed by atoms with van der Waals surface area (Å²) in [5.41, 5.74) is 3.08. The topological polar surface area (TPSA) is 73.6 Å². The zero-order chi connectivity index (χ0) is 17.2. The van der Waals surface area contributed by atoms with Crippen molar-refractivity contribution in [2.45, 2.75) is 13.5 Å². The number of rotatable bonds is 4.